The van der Waals surface area contributed by atoms with Crippen LogP contribution in [0.5, 0.6) is 0 Å². The monoisotopic (exact) mass is 297 g/mol. The molecule has 2 aromatic heterocycles. The molecule has 114 valence electrons. The molecule has 2 aromatic rings. The Morgan fingerprint density at radius 2 is 2.36 bits per heavy atom. The molecule has 0 radical (unpaired) electrons. The van der Waals surface area contributed by atoms with Gasteiger partial charge in [-0.3, -0.25) is 4.99 Å². The van der Waals surface area contributed by atoms with E-state index in [9.17, 15) is 0 Å². The molecule has 0 aliphatic carbocycles. The summed E-state index contributed by atoms with van der Waals surface area (Å²) in [4.78, 5) is 9.14. The Hall–Kier alpha value is -2.34. The van der Waals surface area contributed by atoms with E-state index in [1.165, 1.54) is 0 Å². The maximum Gasteiger partial charge on any atom is 0.140 e. The Labute approximate surface area is 128 Å². The first kappa shape index (κ1) is 13.3. The molecular weight excluding hydrogens is 278 g/mol. The third-order valence-corrected chi connectivity index (χ3v) is 4.08. The standard InChI is InChI=1S/C16H19N5O/c1-2-17-15-6-14(19-10-20-15)12-5-11-3-4-21(13-8-22-9-13)16(11)18-7-12/h3-7,10,13-14,17H,2,8-9H2,1H3,(H,19,20). The van der Waals surface area contributed by atoms with Crippen molar-refractivity contribution in [3.8, 4) is 0 Å². The van der Waals surface area contributed by atoms with E-state index in [1.807, 2.05) is 6.20 Å². The summed E-state index contributed by atoms with van der Waals surface area (Å²) in [5.74, 6) is 0.992. The fourth-order valence-electron chi connectivity index (χ4n) is 2.82. The van der Waals surface area contributed by atoms with Crippen LogP contribution in [0.4, 0.5) is 0 Å². The van der Waals surface area contributed by atoms with Gasteiger partial charge in [-0.1, -0.05) is 0 Å². The second kappa shape index (κ2) is 5.46. The Morgan fingerprint density at radius 1 is 1.45 bits per heavy atom. The van der Waals surface area contributed by atoms with Crippen LogP contribution in [0.15, 0.2) is 41.4 Å². The molecule has 1 fully saturated rings. The average molecular weight is 297 g/mol. The number of aromatic nitrogens is 2. The van der Waals surface area contributed by atoms with E-state index in [0.29, 0.717) is 6.04 Å². The lowest BCUT2D eigenvalue weighted by Gasteiger charge is -2.27. The van der Waals surface area contributed by atoms with E-state index < -0.39 is 0 Å². The summed E-state index contributed by atoms with van der Waals surface area (Å²) in [7, 11) is 0. The second-order valence-corrected chi connectivity index (χ2v) is 5.57. The number of ether oxygens (including phenoxy) is 1. The van der Waals surface area contributed by atoms with E-state index >= 15 is 0 Å². The number of hydrogen-bond donors (Lipinski definition) is 2. The first-order valence-corrected chi connectivity index (χ1v) is 7.63. The van der Waals surface area contributed by atoms with Gasteiger partial charge in [0.2, 0.25) is 0 Å². The number of rotatable bonds is 4. The van der Waals surface area contributed by atoms with Gasteiger partial charge in [0.15, 0.2) is 0 Å². The SMILES string of the molecule is CCNC1=CC(c2cnc3c(ccn3C3COC3)c2)N=CN1. The number of hydrogen-bond acceptors (Lipinski definition) is 5. The van der Waals surface area contributed by atoms with Crippen LogP contribution in [-0.2, 0) is 4.74 Å². The van der Waals surface area contributed by atoms with Gasteiger partial charge in [-0.2, -0.15) is 0 Å². The molecule has 1 saturated heterocycles. The maximum atomic E-state index is 5.27. The molecule has 6 nitrogen and oxygen atoms in total. The zero-order valence-corrected chi connectivity index (χ0v) is 12.5. The quantitative estimate of drug-likeness (QED) is 0.902. The minimum Gasteiger partial charge on any atom is -0.377 e. The minimum absolute atomic E-state index is 0.00239. The largest absolute Gasteiger partial charge is 0.377 e. The van der Waals surface area contributed by atoms with Gasteiger partial charge >= 0.3 is 0 Å². The lowest BCUT2D eigenvalue weighted by Crippen LogP contribution is -2.30. The highest BCUT2D eigenvalue weighted by molar-refractivity contribution is 5.77. The Bertz CT molecular complexity index is 744. The number of nitrogens with one attached hydrogen (secondary N) is 2. The van der Waals surface area contributed by atoms with Gasteiger partial charge in [0.25, 0.3) is 0 Å². The smallest absolute Gasteiger partial charge is 0.140 e. The molecule has 2 aliphatic heterocycles. The van der Waals surface area contributed by atoms with Gasteiger partial charge < -0.3 is 19.9 Å². The van der Waals surface area contributed by atoms with Crippen molar-refractivity contribution in [2.75, 3.05) is 19.8 Å². The van der Waals surface area contributed by atoms with Crippen LogP contribution in [0.25, 0.3) is 11.0 Å². The van der Waals surface area contributed by atoms with E-state index in [2.05, 4.69) is 56.5 Å². The predicted octanol–water partition coefficient (Wildman–Crippen LogP) is 1.73. The summed E-state index contributed by atoms with van der Waals surface area (Å²) in [6.45, 7) is 4.51. The minimum atomic E-state index is 0.00239. The van der Waals surface area contributed by atoms with Crippen molar-refractivity contribution >= 4 is 17.4 Å². The summed E-state index contributed by atoms with van der Waals surface area (Å²) in [6.07, 6.45) is 7.85. The summed E-state index contributed by atoms with van der Waals surface area (Å²) in [5, 5.41) is 7.54. The third-order valence-electron chi connectivity index (χ3n) is 4.08. The molecule has 22 heavy (non-hydrogen) atoms. The molecule has 6 heteroatoms. The van der Waals surface area contributed by atoms with Crippen LogP contribution >= 0.6 is 0 Å². The zero-order valence-electron chi connectivity index (χ0n) is 12.5. The van der Waals surface area contributed by atoms with Crippen LogP contribution in [0.1, 0.15) is 24.6 Å². The van der Waals surface area contributed by atoms with Crippen molar-refractivity contribution in [1.82, 2.24) is 20.2 Å². The molecule has 0 amide bonds. The summed E-state index contributed by atoms with van der Waals surface area (Å²) < 4.78 is 7.47. The lowest BCUT2D eigenvalue weighted by molar-refractivity contribution is -0.0216. The van der Waals surface area contributed by atoms with Crippen molar-refractivity contribution in [3.63, 3.8) is 0 Å². The number of nitrogens with zero attached hydrogens (tertiary/aromatic N) is 3. The van der Waals surface area contributed by atoms with Crippen LogP contribution in [0.3, 0.4) is 0 Å². The third kappa shape index (κ3) is 2.25. The topological polar surface area (TPSA) is 63.5 Å². The highest BCUT2D eigenvalue weighted by Crippen LogP contribution is 2.27. The first-order valence-electron chi connectivity index (χ1n) is 7.63. The second-order valence-electron chi connectivity index (χ2n) is 5.57. The number of aliphatic imine (C=N–C) groups is 1. The van der Waals surface area contributed by atoms with E-state index in [0.717, 1.165) is 42.2 Å². The van der Waals surface area contributed by atoms with Gasteiger partial charge in [-0.15, -0.1) is 0 Å². The predicted molar refractivity (Wildman–Crippen MR) is 85.7 cm³/mol. The molecule has 4 heterocycles. The van der Waals surface area contributed by atoms with Crippen molar-refractivity contribution in [2.24, 2.45) is 4.99 Å². The first-order chi connectivity index (χ1) is 10.8. The summed E-state index contributed by atoms with van der Waals surface area (Å²) in [5.41, 5.74) is 2.12. The van der Waals surface area contributed by atoms with Crippen LogP contribution < -0.4 is 10.6 Å². The molecule has 1 unspecified atom stereocenters. The van der Waals surface area contributed by atoms with E-state index in [4.69, 9.17) is 4.74 Å². The molecule has 2 N–H and O–H groups in total. The fraction of sp³-hybridized carbons (Fsp3) is 0.375. The van der Waals surface area contributed by atoms with Crippen molar-refractivity contribution in [3.05, 3.63) is 42.0 Å². The van der Waals surface area contributed by atoms with E-state index in [-0.39, 0.29) is 6.04 Å². The molecule has 0 saturated carbocycles. The molecule has 0 bridgehead atoms. The van der Waals surface area contributed by atoms with Crippen molar-refractivity contribution in [1.29, 1.82) is 0 Å². The zero-order chi connectivity index (χ0) is 14.9. The average Bonchev–Trinajstić information content (AvgIpc) is 2.89. The highest BCUT2D eigenvalue weighted by Gasteiger charge is 2.22. The van der Waals surface area contributed by atoms with Crippen molar-refractivity contribution < 1.29 is 4.74 Å². The maximum absolute atomic E-state index is 5.27. The molecule has 2 aliphatic rings. The van der Waals surface area contributed by atoms with Gasteiger partial charge in [0, 0.05) is 24.3 Å². The van der Waals surface area contributed by atoms with Crippen LogP contribution in [-0.4, -0.2) is 35.6 Å². The Balaban J connectivity index is 1.65. The van der Waals surface area contributed by atoms with E-state index in [1.54, 1.807) is 6.34 Å². The Morgan fingerprint density at radius 3 is 3.14 bits per heavy atom. The molecular formula is C16H19N5O. The van der Waals surface area contributed by atoms with Gasteiger partial charge in [0.05, 0.1) is 31.6 Å². The number of fused-ring (bicyclic) bond motifs is 1. The van der Waals surface area contributed by atoms with Gasteiger partial charge in [-0.25, -0.2) is 4.98 Å². The lowest BCUT2D eigenvalue weighted by atomic mass is 10.1. The number of pyridine rings is 1. The van der Waals surface area contributed by atoms with Crippen LogP contribution in [0.2, 0.25) is 0 Å². The van der Waals surface area contributed by atoms with Gasteiger partial charge in [0.1, 0.15) is 11.5 Å². The summed E-state index contributed by atoms with van der Waals surface area (Å²) in [6, 6.07) is 4.71. The highest BCUT2D eigenvalue weighted by atomic mass is 16.5. The van der Waals surface area contributed by atoms with Crippen LogP contribution in [0, 0.1) is 0 Å². The molecule has 1 atom stereocenters. The Kier molecular flexibility index (Phi) is 3.31. The normalized spacial score (nSPS) is 21.3. The fourth-order valence-corrected chi connectivity index (χ4v) is 2.82. The molecule has 0 spiro atoms. The van der Waals surface area contributed by atoms with Gasteiger partial charge in [-0.05, 0) is 30.7 Å². The summed E-state index contributed by atoms with van der Waals surface area (Å²) >= 11 is 0. The molecule has 4 rings (SSSR count). The molecule has 0 aromatic carbocycles. The van der Waals surface area contributed by atoms with Crippen molar-refractivity contribution in [2.45, 2.75) is 19.0 Å².